The Bertz CT molecular complexity index is 560. The summed E-state index contributed by atoms with van der Waals surface area (Å²) in [5.74, 6) is 2.01. The van der Waals surface area contributed by atoms with Gasteiger partial charge in [-0.05, 0) is 32.3 Å². The molecule has 0 saturated carbocycles. The molecule has 0 spiro atoms. The van der Waals surface area contributed by atoms with Gasteiger partial charge in [0.05, 0.1) is 5.39 Å². The normalized spacial score (nSPS) is 11.2. The number of hydrogen-bond donors (Lipinski definition) is 1. The number of aryl methyl sites for hydroxylation is 3. The largest absolute Gasteiger partial charge is 0.369 e. The minimum absolute atomic E-state index is 0.966. The summed E-state index contributed by atoms with van der Waals surface area (Å²) in [4.78, 5) is 11.9. The molecule has 0 unspecified atom stereocenters. The predicted molar refractivity (Wildman–Crippen MR) is 84.3 cm³/mol. The fraction of sp³-hybridized carbons (Fsp3) is 0.600. The van der Waals surface area contributed by atoms with Gasteiger partial charge < -0.3 is 5.32 Å². The number of hydrogen-bond acceptors (Lipinski definition) is 4. The summed E-state index contributed by atoms with van der Waals surface area (Å²) < 4.78 is 0. The molecule has 0 bridgehead atoms. The molecule has 0 fully saturated rings. The molecule has 2 aromatic heterocycles. The van der Waals surface area contributed by atoms with E-state index in [0.29, 0.717) is 0 Å². The molecule has 0 radical (unpaired) electrons. The summed E-state index contributed by atoms with van der Waals surface area (Å²) in [5.41, 5.74) is 1.32. The van der Waals surface area contributed by atoms with Gasteiger partial charge in [0.25, 0.3) is 0 Å². The Morgan fingerprint density at radius 1 is 1.11 bits per heavy atom. The zero-order valence-corrected chi connectivity index (χ0v) is 13.2. The van der Waals surface area contributed by atoms with E-state index in [1.54, 1.807) is 11.3 Å². The second kappa shape index (κ2) is 6.33. The van der Waals surface area contributed by atoms with Gasteiger partial charge in [0.15, 0.2) is 0 Å². The predicted octanol–water partition coefficient (Wildman–Crippen LogP) is 4.47. The molecule has 0 amide bonds. The SMILES string of the molecule is CCCCc1nc(NCCC)c2c(C)c(C)sc2n1. The lowest BCUT2D eigenvalue weighted by molar-refractivity contribution is 0.757. The zero-order chi connectivity index (χ0) is 13.8. The van der Waals surface area contributed by atoms with E-state index in [-0.39, 0.29) is 0 Å². The highest BCUT2D eigenvalue weighted by Gasteiger charge is 2.13. The number of unbranched alkanes of at least 4 members (excludes halogenated alkanes) is 1. The van der Waals surface area contributed by atoms with E-state index in [9.17, 15) is 0 Å². The van der Waals surface area contributed by atoms with Crippen LogP contribution in [0.2, 0.25) is 0 Å². The molecule has 0 saturated heterocycles. The molecule has 0 aliphatic carbocycles. The fourth-order valence-electron chi connectivity index (χ4n) is 2.11. The minimum atomic E-state index is 0.966. The van der Waals surface area contributed by atoms with E-state index in [1.165, 1.54) is 22.2 Å². The van der Waals surface area contributed by atoms with Crippen LogP contribution < -0.4 is 5.32 Å². The first-order valence-corrected chi connectivity index (χ1v) is 7.99. The van der Waals surface area contributed by atoms with Crippen molar-refractivity contribution in [2.45, 2.75) is 53.4 Å². The van der Waals surface area contributed by atoms with Crippen molar-refractivity contribution in [1.82, 2.24) is 9.97 Å². The van der Waals surface area contributed by atoms with Crippen LogP contribution >= 0.6 is 11.3 Å². The van der Waals surface area contributed by atoms with Crippen molar-refractivity contribution in [3.8, 4) is 0 Å². The lowest BCUT2D eigenvalue weighted by Gasteiger charge is -2.08. The Balaban J connectivity index is 2.46. The first-order chi connectivity index (χ1) is 9.17. The molecule has 3 nitrogen and oxygen atoms in total. The first-order valence-electron chi connectivity index (χ1n) is 7.17. The van der Waals surface area contributed by atoms with Crippen LogP contribution in [0.25, 0.3) is 10.2 Å². The molecule has 2 aromatic rings. The van der Waals surface area contributed by atoms with E-state index >= 15 is 0 Å². The highest BCUT2D eigenvalue weighted by Crippen LogP contribution is 2.33. The molecule has 0 atom stereocenters. The van der Waals surface area contributed by atoms with E-state index < -0.39 is 0 Å². The summed E-state index contributed by atoms with van der Waals surface area (Å²) in [5, 5.41) is 4.68. The second-order valence-corrected chi connectivity index (χ2v) is 6.19. The molecular weight excluding hydrogens is 254 g/mol. The van der Waals surface area contributed by atoms with Gasteiger partial charge >= 0.3 is 0 Å². The van der Waals surface area contributed by atoms with Crippen LogP contribution in [-0.2, 0) is 6.42 Å². The van der Waals surface area contributed by atoms with Crippen molar-refractivity contribution in [3.05, 3.63) is 16.3 Å². The van der Waals surface area contributed by atoms with E-state index in [1.807, 2.05) is 0 Å². The lowest BCUT2D eigenvalue weighted by atomic mass is 10.2. The molecule has 1 N–H and O–H groups in total. The van der Waals surface area contributed by atoms with E-state index in [4.69, 9.17) is 9.97 Å². The second-order valence-electron chi connectivity index (χ2n) is 4.98. The van der Waals surface area contributed by atoms with Gasteiger partial charge in [0, 0.05) is 17.8 Å². The Morgan fingerprint density at radius 2 is 1.89 bits per heavy atom. The maximum Gasteiger partial charge on any atom is 0.138 e. The monoisotopic (exact) mass is 277 g/mol. The number of thiophene rings is 1. The molecule has 0 aromatic carbocycles. The van der Waals surface area contributed by atoms with Crippen LogP contribution in [0.3, 0.4) is 0 Å². The van der Waals surface area contributed by atoms with Crippen LogP contribution in [0.1, 0.15) is 49.4 Å². The third-order valence-electron chi connectivity index (χ3n) is 3.37. The third kappa shape index (κ3) is 3.06. The van der Waals surface area contributed by atoms with Crippen molar-refractivity contribution >= 4 is 27.4 Å². The summed E-state index contributed by atoms with van der Waals surface area (Å²) in [6, 6.07) is 0. The first kappa shape index (κ1) is 14.3. The highest BCUT2D eigenvalue weighted by molar-refractivity contribution is 7.18. The van der Waals surface area contributed by atoms with Gasteiger partial charge in [-0.1, -0.05) is 20.3 Å². The smallest absolute Gasteiger partial charge is 0.138 e. The van der Waals surface area contributed by atoms with Gasteiger partial charge in [-0.2, -0.15) is 0 Å². The molecular formula is C15H23N3S. The third-order valence-corrected chi connectivity index (χ3v) is 4.47. The van der Waals surface area contributed by atoms with Gasteiger partial charge in [-0.3, -0.25) is 0 Å². The number of rotatable bonds is 6. The summed E-state index contributed by atoms with van der Waals surface area (Å²) in [6.07, 6.45) is 4.42. The number of nitrogens with zero attached hydrogens (tertiary/aromatic N) is 2. The van der Waals surface area contributed by atoms with Crippen molar-refractivity contribution in [3.63, 3.8) is 0 Å². The molecule has 4 heteroatoms. The summed E-state index contributed by atoms with van der Waals surface area (Å²) >= 11 is 1.78. The number of fused-ring (bicyclic) bond motifs is 1. The van der Waals surface area contributed by atoms with Crippen molar-refractivity contribution < 1.29 is 0 Å². The molecule has 2 rings (SSSR count). The average molecular weight is 277 g/mol. The highest BCUT2D eigenvalue weighted by atomic mass is 32.1. The Kier molecular flexibility index (Phi) is 4.75. The van der Waals surface area contributed by atoms with Crippen LogP contribution in [0, 0.1) is 13.8 Å². The molecule has 0 aliphatic heterocycles. The number of anilines is 1. The van der Waals surface area contributed by atoms with Crippen molar-refractivity contribution in [2.24, 2.45) is 0 Å². The molecule has 0 aliphatic rings. The van der Waals surface area contributed by atoms with Crippen LogP contribution in [-0.4, -0.2) is 16.5 Å². The fourth-order valence-corrected chi connectivity index (χ4v) is 3.16. The van der Waals surface area contributed by atoms with Gasteiger partial charge in [-0.15, -0.1) is 11.3 Å². The van der Waals surface area contributed by atoms with E-state index in [0.717, 1.165) is 42.3 Å². The average Bonchev–Trinajstić information content (AvgIpc) is 2.69. The Labute approximate surface area is 119 Å². The quantitative estimate of drug-likeness (QED) is 0.846. The Morgan fingerprint density at radius 3 is 2.58 bits per heavy atom. The Hall–Kier alpha value is -1.16. The van der Waals surface area contributed by atoms with Crippen LogP contribution in [0.15, 0.2) is 0 Å². The summed E-state index contributed by atoms with van der Waals surface area (Å²) in [6.45, 7) is 9.67. The maximum atomic E-state index is 4.73. The lowest BCUT2D eigenvalue weighted by Crippen LogP contribution is -2.06. The zero-order valence-electron chi connectivity index (χ0n) is 12.3. The van der Waals surface area contributed by atoms with Crippen LogP contribution in [0.5, 0.6) is 0 Å². The van der Waals surface area contributed by atoms with Crippen LogP contribution in [0.4, 0.5) is 5.82 Å². The number of nitrogens with one attached hydrogen (secondary N) is 1. The number of aromatic nitrogens is 2. The standard InChI is InChI=1S/C15H23N3S/c1-5-7-8-12-17-14(16-9-6-2)13-10(3)11(4)19-15(13)18-12/h5-9H2,1-4H3,(H,16,17,18). The maximum absolute atomic E-state index is 4.73. The van der Waals surface area contributed by atoms with Crippen molar-refractivity contribution in [1.29, 1.82) is 0 Å². The van der Waals surface area contributed by atoms with Gasteiger partial charge in [0.2, 0.25) is 0 Å². The van der Waals surface area contributed by atoms with E-state index in [2.05, 4.69) is 33.0 Å². The topological polar surface area (TPSA) is 37.8 Å². The molecule has 104 valence electrons. The molecule has 2 heterocycles. The minimum Gasteiger partial charge on any atom is -0.369 e. The van der Waals surface area contributed by atoms with Gasteiger partial charge in [0.1, 0.15) is 16.5 Å². The van der Waals surface area contributed by atoms with Gasteiger partial charge in [-0.25, -0.2) is 9.97 Å². The summed E-state index contributed by atoms with van der Waals surface area (Å²) in [7, 11) is 0. The van der Waals surface area contributed by atoms with Crippen molar-refractivity contribution in [2.75, 3.05) is 11.9 Å². The molecule has 19 heavy (non-hydrogen) atoms.